The first-order valence-electron chi connectivity index (χ1n) is 33.9. The van der Waals surface area contributed by atoms with Crippen molar-refractivity contribution in [2.24, 2.45) is 0 Å². The fraction of sp³-hybridized carbons (Fsp3) is 0.716. The van der Waals surface area contributed by atoms with Crippen molar-refractivity contribution < 1.29 is 28.6 Å². The van der Waals surface area contributed by atoms with Crippen molar-refractivity contribution in [1.82, 2.24) is 0 Å². The van der Waals surface area contributed by atoms with Gasteiger partial charge < -0.3 is 14.2 Å². The quantitative estimate of drug-likeness (QED) is 0.0261. The predicted octanol–water partition coefficient (Wildman–Crippen LogP) is 23.4. The second kappa shape index (κ2) is 67.6. The lowest BCUT2D eigenvalue weighted by Crippen LogP contribution is -2.30. The molecule has 0 saturated carbocycles. The second-order valence-corrected chi connectivity index (χ2v) is 22.3. The molecule has 0 saturated heterocycles. The van der Waals surface area contributed by atoms with Crippen LogP contribution in [0.1, 0.15) is 323 Å². The normalized spacial score (nSPS) is 12.8. The number of carbonyl (C=O) groups is 3. The van der Waals surface area contributed by atoms with Crippen molar-refractivity contribution in [1.29, 1.82) is 0 Å². The molecule has 0 aromatic heterocycles. The number of allylic oxidation sites excluding steroid dienone is 18. The van der Waals surface area contributed by atoms with Gasteiger partial charge in [0.1, 0.15) is 13.2 Å². The van der Waals surface area contributed by atoms with E-state index in [0.29, 0.717) is 19.3 Å². The van der Waals surface area contributed by atoms with Crippen LogP contribution in [0.5, 0.6) is 0 Å². The molecule has 458 valence electrons. The van der Waals surface area contributed by atoms with E-state index in [0.717, 1.165) is 128 Å². The zero-order valence-electron chi connectivity index (χ0n) is 52.6. The van der Waals surface area contributed by atoms with Crippen LogP contribution in [0.3, 0.4) is 0 Å². The maximum atomic E-state index is 12.9. The van der Waals surface area contributed by atoms with E-state index in [2.05, 4.69) is 130 Å². The monoisotopic (exact) mass is 1110 g/mol. The molecular weight excluding hydrogens is 985 g/mol. The van der Waals surface area contributed by atoms with Gasteiger partial charge in [-0.1, -0.05) is 291 Å². The number of esters is 3. The van der Waals surface area contributed by atoms with Crippen LogP contribution in [-0.2, 0) is 28.6 Å². The minimum absolute atomic E-state index is 0.0874. The van der Waals surface area contributed by atoms with Gasteiger partial charge in [0.15, 0.2) is 6.10 Å². The molecule has 0 heterocycles. The number of hydrogen-bond acceptors (Lipinski definition) is 6. The first-order chi connectivity index (χ1) is 39.5. The summed E-state index contributed by atoms with van der Waals surface area (Å²) in [7, 11) is 0. The Bertz CT molecular complexity index is 1610. The van der Waals surface area contributed by atoms with Crippen molar-refractivity contribution in [2.75, 3.05) is 13.2 Å². The molecule has 0 aliphatic heterocycles. The van der Waals surface area contributed by atoms with E-state index in [1.54, 1.807) is 0 Å². The van der Waals surface area contributed by atoms with Gasteiger partial charge in [0, 0.05) is 19.3 Å². The van der Waals surface area contributed by atoms with Crippen molar-refractivity contribution in [2.45, 2.75) is 329 Å². The molecule has 0 bridgehead atoms. The van der Waals surface area contributed by atoms with Crippen LogP contribution in [0.25, 0.3) is 0 Å². The number of carbonyl (C=O) groups excluding carboxylic acids is 3. The Labute approximate surface area is 495 Å². The first kappa shape index (κ1) is 76.1. The highest BCUT2D eigenvalue weighted by molar-refractivity contribution is 5.71. The molecule has 0 amide bonds. The van der Waals surface area contributed by atoms with Crippen LogP contribution >= 0.6 is 0 Å². The number of rotatable bonds is 61. The van der Waals surface area contributed by atoms with E-state index in [9.17, 15) is 14.4 Å². The molecule has 0 fully saturated rings. The molecule has 0 spiro atoms. The Morgan fingerprint density at radius 3 is 0.800 bits per heavy atom. The van der Waals surface area contributed by atoms with Crippen molar-refractivity contribution in [3.8, 4) is 0 Å². The van der Waals surface area contributed by atoms with Gasteiger partial charge in [0.05, 0.1) is 0 Å². The molecule has 0 rings (SSSR count). The summed E-state index contributed by atoms with van der Waals surface area (Å²) < 4.78 is 16.9. The zero-order chi connectivity index (χ0) is 57.8. The van der Waals surface area contributed by atoms with Gasteiger partial charge in [-0.2, -0.15) is 0 Å². The summed E-state index contributed by atoms with van der Waals surface area (Å²) >= 11 is 0. The molecule has 0 aliphatic rings. The highest BCUT2D eigenvalue weighted by atomic mass is 16.6. The summed E-state index contributed by atoms with van der Waals surface area (Å²) in [5, 5.41) is 0. The van der Waals surface area contributed by atoms with Crippen molar-refractivity contribution in [3.05, 3.63) is 109 Å². The lowest BCUT2D eigenvalue weighted by molar-refractivity contribution is -0.167. The van der Waals surface area contributed by atoms with E-state index >= 15 is 0 Å². The molecule has 80 heavy (non-hydrogen) atoms. The number of hydrogen-bond donors (Lipinski definition) is 0. The van der Waals surface area contributed by atoms with Crippen molar-refractivity contribution >= 4 is 17.9 Å². The standard InChI is InChI=1S/C74H126O6/c1-4-7-10-13-16-19-22-25-28-30-32-34-36-37-39-40-42-44-46-49-52-55-58-61-64-67-73(76)79-70-71(69-78-72(75)66-63-60-57-54-51-48-27-24-21-18-15-12-9-6-3)80-74(77)68-65-62-59-56-53-50-47-45-43-41-38-35-33-31-29-26-23-20-17-14-11-8-5-2/h8,11,15,17-18,20,22,24-27,29-30,32-33,35,41,43,71H,4-7,9-10,12-14,16,19,21,23,28,31,34,36-40,42,44-70H2,1-3H3/b11-8-,18-15-,20-17-,25-22-,27-24-,29-26-,32-30-,35-33-,43-41-. The zero-order valence-corrected chi connectivity index (χ0v) is 52.6. The highest BCUT2D eigenvalue weighted by Crippen LogP contribution is 2.16. The van der Waals surface area contributed by atoms with Gasteiger partial charge >= 0.3 is 17.9 Å². The molecular formula is C74H126O6. The Morgan fingerprint density at radius 1 is 0.263 bits per heavy atom. The molecule has 0 aromatic carbocycles. The van der Waals surface area contributed by atoms with Gasteiger partial charge in [0.25, 0.3) is 0 Å². The summed E-state index contributed by atoms with van der Waals surface area (Å²) in [6.07, 6.45) is 92.4. The van der Waals surface area contributed by atoms with E-state index in [4.69, 9.17) is 14.2 Å². The van der Waals surface area contributed by atoms with Crippen LogP contribution in [0.15, 0.2) is 109 Å². The molecule has 0 radical (unpaired) electrons. The third kappa shape index (κ3) is 64.9. The van der Waals surface area contributed by atoms with E-state index in [1.807, 2.05) is 0 Å². The average Bonchev–Trinajstić information content (AvgIpc) is 3.46. The van der Waals surface area contributed by atoms with E-state index in [1.165, 1.54) is 154 Å². The van der Waals surface area contributed by atoms with Crippen LogP contribution in [-0.4, -0.2) is 37.2 Å². The van der Waals surface area contributed by atoms with Crippen LogP contribution < -0.4 is 0 Å². The maximum Gasteiger partial charge on any atom is 0.306 e. The van der Waals surface area contributed by atoms with Gasteiger partial charge in [-0.3, -0.25) is 14.4 Å². The van der Waals surface area contributed by atoms with Gasteiger partial charge in [0.2, 0.25) is 0 Å². The fourth-order valence-corrected chi connectivity index (χ4v) is 9.40. The Kier molecular flexibility index (Phi) is 64.3. The van der Waals surface area contributed by atoms with E-state index in [-0.39, 0.29) is 31.1 Å². The molecule has 0 aliphatic carbocycles. The predicted molar refractivity (Wildman–Crippen MR) is 348 cm³/mol. The lowest BCUT2D eigenvalue weighted by Gasteiger charge is -2.18. The van der Waals surface area contributed by atoms with Crippen LogP contribution in [0, 0.1) is 0 Å². The summed E-state index contributed by atoms with van der Waals surface area (Å²) in [4.78, 5) is 38.4. The van der Waals surface area contributed by atoms with E-state index < -0.39 is 6.10 Å². The molecule has 1 atom stereocenters. The first-order valence-corrected chi connectivity index (χ1v) is 33.9. The Balaban J connectivity index is 4.35. The molecule has 0 aromatic rings. The van der Waals surface area contributed by atoms with Gasteiger partial charge in [-0.25, -0.2) is 0 Å². The summed E-state index contributed by atoms with van der Waals surface area (Å²) in [5.41, 5.74) is 0. The Morgan fingerprint density at radius 2 is 0.500 bits per heavy atom. The SMILES string of the molecule is CC/C=C\C/C=C\C/C=C\C/C=C\C/C=C\CCCCCCCCCC(=O)OC(COC(=O)CCCCCCC/C=C\C/C=C\CCCC)COC(=O)CCCCCCCCCCCCCCC/C=C\C/C=C\CCCCCCC. The fourth-order valence-electron chi connectivity index (χ4n) is 9.40. The van der Waals surface area contributed by atoms with Gasteiger partial charge in [-0.05, 0) is 122 Å². The molecule has 1 unspecified atom stereocenters. The molecule has 6 nitrogen and oxygen atoms in total. The third-order valence-electron chi connectivity index (χ3n) is 14.5. The second-order valence-electron chi connectivity index (χ2n) is 22.3. The third-order valence-corrected chi connectivity index (χ3v) is 14.5. The van der Waals surface area contributed by atoms with Gasteiger partial charge in [-0.15, -0.1) is 0 Å². The number of ether oxygens (including phenoxy) is 3. The highest BCUT2D eigenvalue weighted by Gasteiger charge is 2.19. The largest absolute Gasteiger partial charge is 0.462 e. The summed E-state index contributed by atoms with van der Waals surface area (Å²) in [5.74, 6) is -0.904. The minimum atomic E-state index is -0.794. The smallest absolute Gasteiger partial charge is 0.306 e. The summed E-state index contributed by atoms with van der Waals surface area (Å²) in [6, 6.07) is 0. The molecule has 0 N–H and O–H groups in total. The minimum Gasteiger partial charge on any atom is -0.462 e. The topological polar surface area (TPSA) is 78.9 Å². The number of unbranched alkanes of at least 4 members (excludes halogenated alkanes) is 32. The van der Waals surface area contributed by atoms with Crippen LogP contribution in [0.2, 0.25) is 0 Å². The summed E-state index contributed by atoms with van der Waals surface area (Å²) in [6.45, 7) is 6.48. The van der Waals surface area contributed by atoms with Crippen molar-refractivity contribution in [3.63, 3.8) is 0 Å². The maximum absolute atomic E-state index is 12.9. The Hall–Kier alpha value is -3.93. The lowest BCUT2D eigenvalue weighted by atomic mass is 10.0. The molecule has 6 heteroatoms. The van der Waals surface area contributed by atoms with Crippen LogP contribution in [0.4, 0.5) is 0 Å². The average molecular weight is 1110 g/mol.